The third-order valence-corrected chi connectivity index (χ3v) is 7.95. The molecule has 2 saturated heterocycles. The van der Waals surface area contributed by atoms with Crippen LogP contribution >= 0.6 is 0 Å². The van der Waals surface area contributed by atoms with Gasteiger partial charge in [0, 0.05) is 45.1 Å². The fourth-order valence-corrected chi connectivity index (χ4v) is 5.81. The Morgan fingerprint density at radius 3 is 2.50 bits per heavy atom. The minimum Gasteiger partial charge on any atom is -0.392 e. The molecule has 212 valence electrons. The predicted molar refractivity (Wildman–Crippen MR) is 154 cm³/mol. The molecule has 2 N–H and O–H groups in total. The first kappa shape index (κ1) is 28.5. The number of carbonyl (C=O) groups is 1. The Hall–Kier alpha value is -3.07. The molecule has 0 aliphatic carbocycles. The van der Waals surface area contributed by atoms with E-state index in [1.165, 1.54) is 13.3 Å². The summed E-state index contributed by atoms with van der Waals surface area (Å²) in [5.41, 5.74) is 6.18. The molecule has 2 heterocycles. The Balaban J connectivity index is 1.36. The highest BCUT2D eigenvalue weighted by atomic mass is 16.7. The molecule has 0 saturated carbocycles. The van der Waals surface area contributed by atoms with E-state index in [2.05, 4.69) is 40.5 Å². The zero-order chi connectivity index (χ0) is 27.9. The lowest BCUT2D eigenvalue weighted by Gasteiger charge is -2.38. The standard InChI is InChI=1S/C33H40N2O5/c1-23(37)34-19-28-6-3-4-8-31(28)25-13-15-27(16-14-25)33-39-30(20-35-17-5-7-29(35)22-38-2)18-32(40-33)26-11-9-24(21-36)10-12-26/h3-4,6,8-16,29-30,32-33,36H,5,7,17-22H2,1-2H3,(H,34,37)/t29-,30+,32-,33-/m0/s1. The van der Waals surface area contributed by atoms with Gasteiger partial charge < -0.3 is 24.6 Å². The Morgan fingerprint density at radius 2 is 1.77 bits per heavy atom. The van der Waals surface area contributed by atoms with Gasteiger partial charge in [-0.15, -0.1) is 0 Å². The number of aliphatic hydroxyl groups excluding tert-OH is 1. The number of hydrogen-bond donors (Lipinski definition) is 2. The van der Waals surface area contributed by atoms with Crippen molar-refractivity contribution in [2.75, 3.05) is 26.8 Å². The number of carbonyl (C=O) groups excluding carboxylic acids is 1. The number of amides is 1. The monoisotopic (exact) mass is 544 g/mol. The molecular formula is C33H40N2O5. The van der Waals surface area contributed by atoms with Crippen LogP contribution in [0.4, 0.5) is 0 Å². The van der Waals surface area contributed by atoms with Crippen LogP contribution in [0.3, 0.4) is 0 Å². The SMILES string of the molecule is COC[C@@H]1CCCN1C[C@H]1C[C@@H](c2ccc(CO)cc2)O[C@@H](c2ccc(-c3ccccc3CNC(C)=O)cc2)O1. The van der Waals surface area contributed by atoms with Gasteiger partial charge in [0.05, 0.1) is 25.4 Å². The van der Waals surface area contributed by atoms with E-state index in [4.69, 9.17) is 14.2 Å². The van der Waals surface area contributed by atoms with E-state index < -0.39 is 6.29 Å². The average Bonchev–Trinajstić information content (AvgIpc) is 3.42. The van der Waals surface area contributed by atoms with Crippen LogP contribution in [0.5, 0.6) is 0 Å². The smallest absolute Gasteiger partial charge is 0.217 e. The first-order chi connectivity index (χ1) is 19.5. The zero-order valence-corrected chi connectivity index (χ0v) is 23.4. The van der Waals surface area contributed by atoms with Gasteiger partial charge in [0.1, 0.15) is 0 Å². The molecule has 7 nitrogen and oxygen atoms in total. The Bertz CT molecular complexity index is 1250. The summed E-state index contributed by atoms with van der Waals surface area (Å²) < 4.78 is 18.6. The maximum Gasteiger partial charge on any atom is 0.217 e. The molecule has 40 heavy (non-hydrogen) atoms. The van der Waals surface area contributed by atoms with Crippen LogP contribution in [0, 0.1) is 0 Å². The molecule has 2 aliphatic heterocycles. The van der Waals surface area contributed by atoms with Gasteiger partial charge >= 0.3 is 0 Å². The van der Waals surface area contributed by atoms with Crippen molar-refractivity contribution in [3.63, 3.8) is 0 Å². The summed E-state index contributed by atoms with van der Waals surface area (Å²) in [5, 5.41) is 12.4. The van der Waals surface area contributed by atoms with E-state index in [1.54, 1.807) is 7.11 Å². The number of hydrogen-bond acceptors (Lipinski definition) is 6. The number of ether oxygens (including phenoxy) is 3. The third-order valence-electron chi connectivity index (χ3n) is 7.95. The fourth-order valence-electron chi connectivity index (χ4n) is 5.81. The van der Waals surface area contributed by atoms with Crippen molar-refractivity contribution in [1.29, 1.82) is 0 Å². The summed E-state index contributed by atoms with van der Waals surface area (Å²) >= 11 is 0. The maximum atomic E-state index is 11.5. The quantitative estimate of drug-likeness (QED) is 0.368. The second-order valence-electron chi connectivity index (χ2n) is 10.8. The number of rotatable bonds is 10. The molecule has 4 atom stereocenters. The summed E-state index contributed by atoms with van der Waals surface area (Å²) in [6.45, 7) is 4.68. The summed E-state index contributed by atoms with van der Waals surface area (Å²) in [6.07, 6.45) is 2.50. The van der Waals surface area contributed by atoms with Gasteiger partial charge in [-0.25, -0.2) is 0 Å². The number of likely N-dealkylation sites (tertiary alicyclic amines) is 1. The zero-order valence-electron chi connectivity index (χ0n) is 23.4. The molecule has 1 amide bonds. The van der Waals surface area contributed by atoms with Crippen LogP contribution in [0.25, 0.3) is 11.1 Å². The molecule has 2 fully saturated rings. The number of nitrogens with one attached hydrogen (secondary N) is 1. The molecule has 7 heteroatoms. The highest BCUT2D eigenvalue weighted by molar-refractivity contribution is 5.74. The first-order valence-corrected chi connectivity index (χ1v) is 14.2. The van der Waals surface area contributed by atoms with Gasteiger partial charge in [-0.3, -0.25) is 9.69 Å². The van der Waals surface area contributed by atoms with Gasteiger partial charge in [0.2, 0.25) is 5.91 Å². The second kappa shape index (κ2) is 13.5. The van der Waals surface area contributed by atoms with E-state index >= 15 is 0 Å². The molecule has 0 unspecified atom stereocenters. The predicted octanol–water partition coefficient (Wildman–Crippen LogP) is 5.14. The normalized spacial score (nSPS) is 23.3. The summed E-state index contributed by atoms with van der Waals surface area (Å²) in [4.78, 5) is 14.0. The summed E-state index contributed by atoms with van der Waals surface area (Å²) in [5.74, 6) is -0.0469. The van der Waals surface area contributed by atoms with Crippen LogP contribution in [-0.2, 0) is 32.2 Å². The van der Waals surface area contributed by atoms with Crippen molar-refractivity contribution in [3.05, 3.63) is 95.1 Å². The van der Waals surface area contributed by atoms with Gasteiger partial charge in [-0.05, 0) is 47.2 Å². The lowest BCUT2D eigenvalue weighted by atomic mass is 9.97. The van der Waals surface area contributed by atoms with E-state index in [0.29, 0.717) is 12.6 Å². The first-order valence-electron chi connectivity index (χ1n) is 14.2. The van der Waals surface area contributed by atoms with Gasteiger partial charge in [0.25, 0.3) is 0 Å². The van der Waals surface area contributed by atoms with E-state index in [9.17, 15) is 9.90 Å². The van der Waals surface area contributed by atoms with Crippen molar-refractivity contribution >= 4 is 5.91 Å². The van der Waals surface area contributed by atoms with Crippen LogP contribution in [0.15, 0.2) is 72.8 Å². The van der Waals surface area contributed by atoms with Crippen LogP contribution in [0.2, 0.25) is 0 Å². The molecule has 2 aliphatic rings. The lowest BCUT2D eigenvalue weighted by molar-refractivity contribution is -0.253. The number of benzene rings is 3. The number of nitrogens with zero attached hydrogens (tertiary/aromatic N) is 1. The molecule has 0 aromatic heterocycles. The molecular weight excluding hydrogens is 504 g/mol. The van der Waals surface area contributed by atoms with Crippen molar-refractivity contribution in [3.8, 4) is 11.1 Å². The Labute approximate surface area is 237 Å². The van der Waals surface area contributed by atoms with Crippen LogP contribution in [0.1, 0.15) is 60.8 Å². The minimum atomic E-state index is -0.492. The highest BCUT2D eigenvalue weighted by Gasteiger charge is 2.35. The van der Waals surface area contributed by atoms with E-state index in [-0.39, 0.29) is 24.7 Å². The number of aliphatic hydroxyl groups is 1. The molecule has 3 aromatic carbocycles. The number of methoxy groups -OCH3 is 1. The van der Waals surface area contributed by atoms with Crippen LogP contribution < -0.4 is 5.32 Å². The molecule has 0 spiro atoms. The third kappa shape index (κ3) is 6.97. The van der Waals surface area contributed by atoms with Gasteiger partial charge in [0.15, 0.2) is 6.29 Å². The molecule has 5 rings (SSSR count). The van der Waals surface area contributed by atoms with Crippen molar-refractivity contribution < 1.29 is 24.1 Å². The molecule has 0 radical (unpaired) electrons. The Kier molecular flexibility index (Phi) is 9.62. The largest absolute Gasteiger partial charge is 0.392 e. The maximum absolute atomic E-state index is 11.5. The van der Waals surface area contributed by atoms with Crippen molar-refractivity contribution in [2.24, 2.45) is 0 Å². The molecule has 0 bridgehead atoms. The average molecular weight is 545 g/mol. The van der Waals surface area contributed by atoms with Crippen molar-refractivity contribution in [2.45, 2.75) is 63.9 Å². The summed E-state index contributed by atoms with van der Waals surface area (Å²) in [7, 11) is 1.77. The highest BCUT2D eigenvalue weighted by Crippen LogP contribution is 2.39. The second-order valence-corrected chi connectivity index (χ2v) is 10.8. The Morgan fingerprint density at radius 1 is 1.02 bits per heavy atom. The molecule has 3 aromatic rings. The van der Waals surface area contributed by atoms with Gasteiger partial charge in [-0.2, -0.15) is 0 Å². The van der Waals surface area contributed by atoms with Crippen molar-refractivity contribution in [1.82, 2.24) is 10.2 Å². The topological polar surface area (TPSA) is 80.3 Å². The fraction of sp³-hybridized carbons (Fsp3) is 0.424. The van der Waals surface area contributed by atoms with Crippen LogP contribution in [-0.4, -0.2) is 54.9 Å². The van der Waals surface area contributed by atoms with E-state index in [1.807, 2.05) is 42.5 Å². The minimum absolute atomic E-state index is 0.0109. The van der Waals surface area contributed by atoms with Gasteiger partial charge in [-0.1, -0.05) is 72.8 Å². The lowest BCUT2D eigenvalue weighted by Crippen LogP contribution is -2.42. The van der Waals surface area contributed by atoms with E-state index in [0.717, 1.165) is 65.9 Å². The summed E-state index contributed by atoms with van der Waals surface area (Å²) in [6, 6.07) is 24.9.